The third-order valence-corrected chi connectivity index (χ3v) is 7.35. The second kappa shape index (κ2) is 9.47. The summed E-state index contributed by atoms with van der Waals surface area (Å²) in [6.07, 6.45) is 5.98. The zero-order valence-electron chi connectivity index (χ0n) is 20.5. The minimum absolute atomic E-state index is 0.304. The van der Waals surface area contributed by atoms with Crippen LogP contribution in [0.1, 0.15) is 75.6 Å². The molecule has 0 saturated carbocycles. The van der Waals surface area contributed by atoms with Crippen LogP contribution >= 0.6 is 0 Å². The molecule has 3 atom stereocenters. The maximum absolute atomic E-state index is 6.26. The summed E-state index contributed by atoms with van der Waals surface area (Å²) in [6.45, 7) is 12.5. The number of aromatic amines is 1. The van der Waals surface area contributed by atoms with Crippen LogP contribution in [0.3, 0.4) is 0 Å². The Labute approximate surface area is 197 Å². The molecule has 1 aromatic heterocycles. The maximum Gasteiger partial charge on any atom is 0.124 e. The van der Waals surface area contributed by atoms with E-state index in [1.807, 2.05) is 6.20 Å². The molecule has 1 fully saturated rings. The summed E-state index contributed by atoms with van der Waals surface area (Å²) in [7, 11) is 0. The number of unbranched alkanes of at least 4 members (excludes halogenated alkanes) is 1. The van der Waals surface area contributed by atoms with Crippen LogP contribution in [0.2, 0.25) is 0 Å². The third kappa shape index (κ3) is 4.53. The number of nitrogens with one attached hydrogen (secondary N) is 2. The van der Waals surface area contributed by atoms with Gasteiger partial charge in [0.05, 0.1) is 11.7 Å². The SMILES string of the molecule is CCCCN1CC(Oc2ccc([C@H]3c4ccc5[nH]ncc5c4C(C)N[C@H]3CC(C)C)cc2)C1. The van der Waals surface area contributed by atoms with Gasteiger partial charge < -0.3 is 10.1 Å². The summed E-state index contributed by atoms with van der Waals surface area (Å²) >= 11 is 0. The predicted octanol–water partition coefficient (Wildman–Crippen LogP) is 5.64. The molecule has 5 heteroatoms. The molecule has 5 rings (SSSR count). The Kier molecular flexibility index (Phi) is 6.44. The highest BCUT2D eigenvalue weighted by molar-refractivity contribution is 5.84. The van der Waals surface area contributed by atoms with Gasteiger partial charge in [0.15, 0.2) is 0 Å². The lowest BCUT2D eigenvalue weighted by Crippen LogP contribution is -2.53. The van der Waals surface area contributed by atoms with Crippen LogP contribution < -0.4 is 10.1 Å². The molecule has 2 aliphatic heterocycles. The van der Waals surface area contributed by atoms with Crippen molar-refractivity contribution in [3.8, 4) is 5.75 Å². The topological polar surface area (TPSA) is 53.2 Å². The second-order valence-electron chi connectivity index (χ2n) is 10.4. The van der Waals surface area contributed by atoms with E-state index in [1.54, 1.807) is 0 Å². The van der Waals surface area contributed by atoms with Crippen molar-refractivity contribution in [2.75, 3.05) is 19.6 Å². The van der Waals surface area contributed by atoms with Crippen LogP contribution in [0.5, 0.6) is 5.75 Å². The standard InChI is InChI=1S/C28H38N4O/c1-5-6-13-32-16-22(17-32)33-21-9-7-20(8-10-21)28-23-11-12-25-24(15-29-31-25)27(23)19(4)30-26(28)14-18(2)3/h7-12,15,18-19,22,26,28,30H,5-6,13-14,16-17H2,1-4H3,(H,29,31)/t19?,26-,28-/m0/s1. The fourth-order valence-electron chi connectivity index (χ4n) is 5.76. The molecule has 2 aliphatic rings. The van der Waals surface area contributed by atoms with E-state index in [0.717, 1.165) is 30.8 Å². The molecule has 0 spiro atoms. The molecule has 3 heterocycles. The summed E-state index contributed by atoms with van der Waals surface area (Å²) in [4.78, 5) is 2.49. The minimum Gasteiger partial charge on any atom is -0.488 e. The van der Waals surface area contributed by atoms with E-state index in [-0.39, 0.29) is 0 Å². The number of H-pyrrole nitrogens is 1. The van der Waals surface area contributed by atoms with Crippen LogP contribution in [0.4, 0.5) is 0 Å². The zero-order valence-corrected chi connectivity index (χ0v) is 20.5. The van der Waals surface area contributed by atoms with Gasteiger partial charge in [0.1, 0.15) is 11.9 Å². The Hall–Kier alpha value is -2.37. The molecule has 0 aliphatic carbocycles. The Balaban J connectivity index is 1.39. The van der Waals surface area contributed by atoms with Crippen LogP contribution in [0.25, 0.3) is 10.9 Å². The summed E-state index contributed by atoms with van der Waals surface area (Å²) in [5.74, 6) is 1.94. The first-order valence-electron chi connectivity index (χ1n) is 12.7. The van der Waals surface area contributed by atoms with Crippen LogP contribution in [0, 0.1) is 5.92 Å². The van der Waals surface area contributed by atoms with E-state index in [1.165, 1.54) is 41.5 Å². The van der Waals surface area contributed by atoms with E-state index < -0.39 is 0 Å². The number of aromatic nitrogens is 2. The molecule has 2 aromatic carbocycles. The Morgan fingerprint density at radius 2 is 1.91 bits per heavy atom. The first-order chi connectivity index (χ1) is 16.0. The summed E-state index contributed by atoms with van der Waals surface area (Å²) in [6, 6.07) is 14.1. The number of hydrogen-bond acceptors (Lipinski definition) is 4. The first-order valence-corrected chi connectivity index (χ1v) is 12.7. The fourth-order valence-corrected chi connectivity index (χ4v) is 5.76. The first kappa shape index (κ1) is 22.4. The van der Waals surface area contributed by atoms with Gasteiger partial charge in [-0.1, -0.05) is 45.4 Å². The molecule has 0 bridgehead atoms. The summed E-state index contributed by atoms with van der Waals surface area (Å²) < 4.78 is 6.26. The van der Waals surface area contributed by atoms with Gasteiger partial charge in [0.2, 0.25) is 0 Å². The molecule has 1 saturated heterocycles. The van der Waals surface area contributed by atoms with Crippen molar-refractivity contribution in [2.45, 2.75) is 71.1 Å². The van der Waals surface area contributed by atoms with E-state index in [9.17, 15) is 0 Å². The molecule has 3 aromatic rings. The maximum atomic E-state index is 6.26. The molecular formula is C28H38N4O. The van der Waals surface area contributed by atoms with Gasteiger partial charge in [0.25, 0.3) is 0 Å². The Bertz CT molecular complexity index is 1070. The number of likely N-dealkylation sites (tertiary alicyclic amines) is 1. The van der Waals surface area contributed by atoms with Crippen molar-refractivity contribution in [1.29, 1.82) is 0 Å². The number of nitrogens with zero attached hydrogens (tertiary/aromatic N) is 2. The number of hydrogen-bond donors (Lipinski definition) is 2. The monoisotopic (exact) mass is 446 g/mol. The van der Waals surface area contributed by atoms with Gasteiger partial charge in [-0.2, -0.15) is 5.10 Å². The van der Waals surface area contributed by atoms with Crippen molar-refractivity contribution in [2.24, 2.45) is 5.92 Å². The predicted molar refractivity (Wildman–Crippen MR) is 135 cm³/mol. The van der Waals surface area contributed by atoms with E-state index in [4.69, 9.17) is 4.74 Å². The van der Waals surface area contributed by atoms with Crippen molar-refractivity contribution in [3.63, 3.8) is 0 Å². The van der Waals surface area contributed by atoms with Gasteiger partial charge in [-0.3, -0.25) is 10.00 Å². The quantitative estimate of drug-likeness (QED) is 0.470. The van der Waals surface area contributed by atoms with Gasteiger partial charge >= 0.3 is 0 Å². The number of ether oxygens (including phenoxy) is 1. The Morgan fingerprint density at radius 3 is 2.64 bits per heavy atom. The zero-order chi connectivity index (χ0) is 22.9. The van der Waals surface area contributed by atoms with Gasteiger partial charge in [-0.15, -0.1) is 0 Å². The molecule has 0 amide bonds. The smallest absolute Gasteiger partial charge is 0.124 e. The largest absolute Gasteiger partial charge is 0.488 e. The van der Waals surface area contributed by atoms with Gasteiger partial charge in [-0.05, 0) is 67.1 Å². The molecule has 176 valence electrons. The summed E-state index contributed by atoms with van der Waals surface area (Å²) in [5.41, 5.74) is 5.28. The van der Waals surface area contributed by atoms with Crippen LogP contribution in [0.15, 0.2) is 42.6 Å². The van der Waals surface area contributed by atoms with Crippen molar-refractivity contribution >= 4 is 10.9 Å². The highest BCUT2D eigenvalue weighted by atomic mass is 16.5. The minimum atomic E-state index is 0.304. The van der Waals surface area contributed by atoms with Crippen LogP contribution in [-0.4, -0.2) is 46.9 Å². The highest BCUT2D eigenvalue weighted by Gasteiger charge is 2.35. The van der Waals surface area contributed by atoms with E-state index in [2.05, 4.69) is 84.5 Å². The fraction of sp³-hybridized carbons (Fsp3) is 0.536. The average Bonchev–Trinajstić information content (AvgIpc) is 3.24. The van der Waals surface area contributed by atoms with Gasteiger partial charge in [-0.25, -0.2) is 0 Å². The number of benzene rings is 2. The molecular weight excluding hydrogens is 408 g/mol. The highest BCUT2D eigenvalue weighted by Crippen LogP contribution is 2.43. The third-order valence-electron chi connectivity index (χ3n) is 7.35. The normalized spacial score (nSPS) is 23.6. The molecule has 33 heavy (non-hydrogen) atoms. The summed E-state index contributed by atoms with van der Waals surface area (Å²) in [5, 5.41) is 12.6. The number of rotatable bonds is 8. The second-order valence-corrected chi connectivity index (χ2v) is 10.4. The van der Waals surface area contributed by atoms with Crippen molar-refractivity contribution < 1.29 is 4.74 Å². The van der Waals surface area contributed by atoms with Crippen LogP contribution in [-0.2, 0) is 0 Å². The Morgan fingerprint density at radius 1 is 1.12 bits per heavy atom. The lowest BCUT2D eigenvalue weighted by Gasteiger charge is -2.40. The molecule has 2 N–H and O–H groups in total. The lowest BCUT2D eigenvalue weighted by molar-refractivity contribution is 0.0193. The van der Waals surface area contributed by atoms with E-state index in [0.29, 0.717) is 30.0 Å². The molecule has 5 nitrogen and oxygen atoms in total. The molecule has 1 unspecified atom stereocenters. The average molecular weight is 447 g/mol. The number of fused-ring (bicyclic) bond motifs is 3. The van der Waals surface area contributed by atoms with E-state index >= 15 is 0 Å². The van der Waals surface area contributed by atoms with Crippen molar-refractivity contribution in [1.82, 2.24) is 20.4 Å². The lowest BCUT2D eigenvalue weighted by atomic mass is 9.74. The van der Waals surface area contributed by atoms with Crippen molar-refractivity contribution in [3.05, 3.63) is 59.3 Å². The molecule has 0 radical (unpaired) electrons. The van der Waals surface area contributed by atoms with Gasteiger partial charge in [0, 0.05) is 36.5 Å².